The smallest absolute Gasteiger partial charge is 0.488 e. The van der Waals surface area contributed by atoms with E-state index >= 15 is 0 Å². The fraction of sp³-hybridized carbons (Fsp3) is 0.294. The summed E-state index contributed by atoms with van der Waals surface area (Å²) in [6.45, 7) is 8.10. The molecule has 0 bridgehead atoms. The van der Waals surface area contributed by atoms with Gasteiger partial charge in [-0.3, -0.25) is 0 Å². The van der Waals surface area contributed by atoms with Gasteiger partial charge in [0.25, 0.3) is 0 Å². The van der Waals surface area contributed by atoms with Crippen molar-refractivity contribution < 1.29 is 61.4 Å². The van der Waals surface area contributed by atoms with E-state index in [0.717, 1.165) is 89.2 Å². The summed E-state index contributed by atoms with van der Waals surface area (Å²) in [7, 11) is -10.2. The van der Waals surface area contributed by atoms with Crippen molar-refractivity contribution in [3.05, 3.63) is 219 Å². The SMILES string of the molecule is CCCCCS(=O)(=O)Cl.CCCCCS(=O)(=O)Oc1cccc(-c2cccc(Cl)c2)c1.CCCCCS(=O)(=O)Oc1cccc(-c2cccc(Cl)c2)c1.CCCCCS(=O)(=O)Oc1cccc(Br)c1.OB(O)c1cccc(Cl)c1.Oc1cccc(-c2cccc(Cl)c2)c1. The molecule has 0 saturated carbocycles. The highest BCUT2D eigenvalue weighted by atomic mass is 79.9. The normalized spacial score (nSPS) is 11.0. The van der Waals surface area contributed by atoms with Crippen molar-refractivity contribution in [3.8, 4) is 56.4 Å². The van der Waals surface area contributed by atoms with Crippen molar-refractivity contribution >= 4 is 125 Å². The molecule has 0 saturated heterocycles. The van der Waals surface area contributed by atoms with Crippen molar-refractivity contribution in [2.24, 2.45) is 0 Å². The second-order valence-corrected chi connectivity index (χ2v) is 31.3. The molecule has 25 heteroatoms. The molecule has 0 aromatic heterocycles. The van der Waals surface area contributed by atoms with E-state index in [0.29, 0.717) is 68.5 Å². The first-order chi connectivity index (χ1) is 44.0. The molecule has 0 unspecified atom stereocenters. The van der Waals surface area contributed by atoms with Crippen molar-refractivity contribution in [2.75, 3.05) is 23.0 Å². The molecule has 8 aromatic rings. The Morgan fingerprint density at radius 3 is 0.957 bits per heavy atom. The van der Waals surface area contributed by atoms with Gasteiger partial charge in [0.2, 0.25) is 9.05 Å². The van der Waals surface area contributed by atoms with E-state index in [2.05, 4.69) is 15.9 Å². The van der Waals surface area contributed by atoms with Crippen LogP contribution in [0.1, 0.15) is 105 Å². The molecule has 3 N–H and O–H groups in total. The highest BCUT2D eigenvalue weighted by Gasteiger charge is 2.16. The fourth-order valence-electron chi connectivity index (χ4n) is 8.01. The Kier molecular flexibility index (Phi) is 38.5. The van der Waals surface area contributed by atoms with Gasteiger partial charge in [-0.1, -0.05) is 232 Å². The number of aromatic hydroxyl groups is 1. The number of unbranched alkanes of at least 4 members (excludes halogenated alkanes) is 8. The summed E-state index contributed by atoms with van der Waals surface area (Å²) >= 11 is 26.7. The van der Waals surface area contributed by atoms with Crippen LogP contribution in [0.15, 0.2) is 199 Å². The maximum Gasteiger partial charge on any atom is 0.488 e. The minimum atomic E-state index is -3.54. The number of hydrogen-bond donors (Lipinski definition) is 3. The molecule has 0 aliphatic rings. The second kappa shape index (κ2) is 43.7. The maximum atomic E-state index is 11.9. The molecule has 504 valence electrons. The third-order valence-corrected chi connectivity index (χ3v) is 19.0. The third kappa shape index (κ3) is 37.0. The van der Waals surface area contributed by atoms with Crippen LogP contribution in [-0.2, 0) is 39.4 Å². The lowest BCUT2D eigenvalue weighted by Gasteiger charge is -2.09. The van der Waals surface area contributed by atoms with Crippen LogP contribution in [0.4, 0.5) is 0 Å². The van der Waals surface area contributed by atoms with Crippen molar-refractivity contribution in [2.45, 2.75) is 105 Å². The largest absolute Gasteiger partial charge is 0.508 e. The third-order valence-electron chi connectivity index (χ3n) is 12.6. The van der Waals surface area contributed by atoms with Gasteiger partial charge >= 0.3 is 37.5 Å². The highest BCUT2D eigenvalue weighted by Crippen LogP contribution is 2.30. The zero-order chi connectivity index (χ0) is 68.9. The summed E-state index contributed by atoms with van der Waals surface area (Å²) in [5.74, 6) is 1.55. The van der Waals surface area contributed by atoms with E-state index in [9.17, 15) is 38.8 Å². The molecule has 8 aromatic carbocycles. The molecule has 0 heterocycles. The number of benzene rings is 8. The maximum absolute atomic E-state index is 11.9. The molecule has 8 rings (SSSR count). The molecule has 0 aliphatic carbocycles. The molecular weight excluding hydrogens is 1440 g/mol. The lowest BCUT2D eigenvalue weighted by atomic mass is 9.81. The summed E-state index contributed by atoms with van der Waals surface area (Å²) in [6, 6.07) is 56.7. The average Bonchev–Trinajstić information content (AvgIpc) is 0.964. The van der Waals surface area contributed by atoms with Gasteiger partial charge in [0.05, 0.1) is 23.0 Å². The highest BCUT2D eigenvalue weighted by molar-refractivity contribution is 9.10. The van der Waals surface area contributed by atoms with Gasteiger partial charge in [0.1, 0.15) is 23.0 Å². The van der Waals surface area contributed by atoms with E-state index in [4.69, 9.17) is 79.7 Å². The fourth-order valence-corrected chi connectivity index (χ4v) is 13.1. The standard InChI is InChI=1S/2C17H19ClO3S.C12H9ClO.C11H15BrO3S.C6H6BClO2.C5H11ClO2S/c2*1-2-3-4-11-22(19,20)21-17-10-6-8-15(13-17)14-7-5-9-16(18)12-14;13-11-5-1-3-9(7-11)10-4-2-6-12(14)8-10;1-2-3-4-8-16(13,14)15-11-7-5-6-10(12)9-11;8-6-3-1-2-5(4-6)7(9)10;1-2-3-4-5-9(6,7)8/h2*5-10,12-13H,2-4,11H2,1H3;1-8,14H;5-7,9H,2-4,8H2,1H3;1-4,9-10H;2-5H2,1H3. The molecular formula is C68H79BBrCl5O14S4. The Morgan fingerprint density at radius 1 is 0.366 bits per heavy atom. The minimum absolute atomic E-state index is 0.0439. The lowest BCUT2D eigenvalue weighted by Crippen LogP contribution is -2.29. The van der Waals surface area contributed by atoms with E-state index < -0.39 is 46.5 Å². The van der Waals surface area contributed by atoms with Gasteiger partial charge in [-0.2, -0.15) is 25.3 Å². The Labute approximate surface area is 584 Å². The van der Waals surface area contributed by atoms with Crippen molar-refractivity contribution in [3.63, 3.8) is 0 Å². The van der Waals surface area contributed by atoms with Crippen molar-refractivity contribution in [1.82, 2.24) is 0 Å². The first-order valence-corrected chi connectivity index (χ1v) is 39.4. The zero-order valence-corrected chi connectivity index (χ0v) is 60.7. The molecule has 0 fully saturated rings. The first kappa shape index (κ1) is 81.9. The van der Waals surface area contributed by atoms with E-state index in [-0.39, 0.29) is 28.8 Å². The summed E-state index contributed by atoms with van der Waals surface area (Å²) in [6.07, 6.45) is 10.1. The van der Waals surface area contributed by atoms with Gasteiger partial charge in [0, 0.05) is 35.2 Å². The number of phenolic OH excluding ortho intramolecular Hbond substituents is 1. The Bertz CT molecular complexity index is 3810. The van der Waals surface area contributed by atoms with Crippen LogP contribution in [0, 0.1) is 0 Å². The number of halogens is 6. The van der Waals surface area contributed by atoms with Gasteiger partial charge in [0.15, 0.2) is 0 Å². The predicted octanol–water partition coefficient (Wildman–Crippen LogP) is 18.6. The number of phenols is 1. The molecule has 0 radical (unpaired) electrons. The van der Waals surface area contributed by atoms with Crippen LogP contribution >= 0.6 is 73.0 Å². The van der Waals surface area contributed by atoms with Gasteiger partial charge in [-0.15, -0.1) is 0 Å². The summed E-state index contributed by atoms with van der Waals surface area (Å²) in [5, 5.41) is 29.1. The van der Waals surface area contributed by atoms with Crippen LogP contribution in [-0.4, -0.2) is 79.0 Å². The van der Waals surface area contributed by atoms with Gasteiger partial charge in [-0.05, 0) is 168 Å². The first-order valence-electron chi connectivity index (χ1n) is 29.9. The van der Waals surface area contributed by atoms with Crippen molar-refractivity contribution in [1.29, 1.82) is 0 Å². The van der Waals surface area contributed by atoms with Crippen LogP contribution in [0.5, 0.6) is 23.0 Å². The second-order valence-electron chi connectivity index (χ2n) is 20.6. The van der Waals surface area contributed by atoms with E-state index in [1.165, 1.54) is 6.07 Å². The lowest BCUT2D eigenvalue weighted by molar-refractivity contribution is 0.425. The van der Waals surface area contributed by atoms with Crippen LogP contribution in [0.3, 0.4) is 0 Å². The average molecular weight is 1520 g/mol. The van der Waals surface area contributed by atoms with E-state index in [1.807, 2.05) is 119 Å². The van der Waals surface area contributed by atoms with Gasteiger partial charge in [-0.25, -0.2) is 8.42 Å². The molecule has 0 aliphatic heterocycles. The quantitative estimate of drug-likeness (QED) is 0.0198. The Balaban J connectivity index is 0.000000300. The van der Waals surface area contributed by atoms with Crippen LogP contribution < -0.4 is 18.0 Å². The predicted molar refractivity (Wildman–Crippen MR) is 389 cm³/mol. The Morgan fingerprint density at radius 2 is 0.656 bits per heavy atom. The van der Waals surface area contributed by atoms with E-state index in [1.54, 1.807) is 97.1 Å². The van der Waals surface area contributed by atoms with Gasteiger partial charge < -0.3 is 27.7 Å². The molecule has 0 spiro atoms. The Hall–Kier alpha value is -5.33. The zero-order valence-electron chi connectivity index (χ0n) is 52.1. The molecule has 0 amide bonds. The summed E-state index contributed by atoms with van der Waals surface area (Å²) in [4.78, 5) is 0. The van der Waals surface area contributed by atoms with Crippen LogP contribution in [0.2, 0.25) is 20.1 Å². The molecule has 0 atom stereocenters. The summed E-state index contributed by atoms with van der Waals surface area (Å²) in [5.41, 5.74) is 5.95. The van der Waals surface area contributed by atoms with Crippen LogP contribution in [0.25, 0.3) is 33.4 Å². The monoisotopic (exact) mass is 1510 g/mol. The number of hydrogen-bond acceptors (Lipinski definition) is 14. The molecule has 93 heavy (non-hydrogen) atoms. The topological polar surface area (TPSA) is 225 Å². The molecule has 14 nitrogen and oxygen atoms in total. The minimum Gasteiger partial charge on any atom is -0.508 e. The summed E-state index contributed by atoms with van der Waals surface area (Å²) < 4.78 is 108. The number of rotatable bonds is 26.